The van der Waals surface area contributed by atoms with E-state index < -0.39 is 5.97 Å². The monoisotopic (exact) mass is 310 g/mol. The fourth-order valence-electron chi connectivity index (χ4n) is 1.49. The average molecular weight is 310 g/mol. The molecule has 21 heavy (non-hydrogen) atoms. The predicted octanol–water partition coefficient (Wildman–Crippen LogP) is 2.65. The van der Waals surface area contributed by atoms with Gasteiger partial charge < -0.3 is 10.1 Å². The molecule has 0 aliphatic rings. The van der Waals surface area contributed by atoms with Gasteiger partial charge in [-0.05, 0) is 39.3 Å². The molecule has 0 bridgehead atoms. The summed E-state index contributed by atoms with van der Waals surface area (Å²) in [6.45, 7) is 7.55. The zero-order chi connectivity index (χ0) is 15.8. The van der Waals surface area contributed by atoms with Gasteiger partial charge in [-0.3, -0.25) is 4.79 Å². The lowest BCUT2D eigenvalue weighted by atomic mass is 10.3. The number of carbonyl (C=O) groups excluding carboxylic acids is 2. The summed E-state index contributed by atoms with van der Waals surface area (Å²) < 4.78 is 5.17. The highest BCUT2D eigenvalue weighted by Crippen LogP contribution is 2.21. The molecule has 0 saturated carbocycles. The van der Waals surface area contributed by atoms with Gasteiger partial charge in [0.25, 0.3) is 0 Å². The first-order chi connectivity index (χ1) is 9.93. The molecule has 116 valence electrons. The van der Waals surface area contributed by atoms with E-state index in [0.29, 0.717) is 10.6 Å². The second-order valence-electron chi connectivity index (χ2n) is 4.98. The van der Waals surface area contributed by atoms with E-state index in [0.717, 1.165) is 6.42 Å². The highest BCUT2D eigenvalue weighted by Gasteiger charge is 2.16. The molecule has 1 atom stereocenters. The van der Waals surface area contributed by atoms with Crippen LogP contribution in [0.5, 0.6) is 0 Å². The van der Waals surface area contributed by atoms with E-state index in [1.165, 1.54) is 11.8 Å². The Bertz CT molecular complexity index is 492. The molecule has 0 aliphatic heterocycles. The first-order valence-electron chi connectivity index (χ1n) is 7.02. The van der Waals surface area contributed by atoms with Gasteiger partial charge in [-0.2, -0.15) is 0 Å². The maximum Gasteiger partial charge on any atom is 0.341 e. The molecule has 1 aromatic heterocycles. The molecule has 0 aromatic carbocycles. The van der Waals surface area contributed by atoms with Crippen LogP contribution in [-0.4, -0.2) is 34.8 Å². The van der Waals surface area contributed by atoms with Gasteiger partial charge in [0.15, 0.2) is 0 Å². The molecular weight excluding hydrogens is 288 g/mol. The van der Waals surface area contributed by atoms with Crippen LogP contribution in [0.4, 0.5) is 0 Å². The van der Waals surface area contributed by atoms with E-state index in [-0.39, 0.29) is 23.8 Å². The summed E-state index contributed by atoms with van der Waals surface area (Å²) in [6.07, 6.45) is 2.29. The van der Waals surface area contributed by atoms with Crippen molar-refractivity contribution >= 4 is 23.6 Å². The Morgan fingerprint density at radius 3 is 2.71 bits per heavy atom. The minimum Gasteiger partial charge on any atom is -0.459 e. The van der Waals surface area contributed by atoms with Crippen molar-refractivity contribution in [2.45, 2.75) is 51.3 Å². The van der Waals surface area contributed by atoms with Crippen LogP contribution in [0.1, 0.15) is 44.5 Å². The van der Waals surface area contributed by atoms with Crippen molar-refractivity contribution in [2.75, 3.05) is 5.75 Å². The van der Waals surface area contributed by atoms with Gasteiger partial charge in [0, 0.05) is 12.2 Å². The van der Waals surface area contributed by atoms with Crippen LogP contribution < -0.4 is 5.32 Å². The number of amides is 1. The highest BCUT2D eigenvalue weighted by molar-refractivity contribution is 8.00. The summed E-state index contributed by atoms with van der Waals surface area (Å²) in [5.41, 5.74) is 0.396. The van der Waals surface area contributed by atoms with E-state index in [1.807, 2.05) is 13.8 Å². The Morgan fingerprint density at radius 1 is 1.38 bits per heavy atom. The molecule has 1 rings (SSSR count). The number of nitrogens with one attached hydrogen (secondary N) is 1. The third-order valence-electron chi connectivity index (χ3n) is 2.69. The minimum absolute atomic E-state index is 0.0665. The molecule has 0 saturated heterocycles. The van der Waals surface area contributed by atoms with Gasteiger partial charge in [-0.25, -0.2) is 9.78 Å². The van der Waals surface area contributed by atoms with E-state index in [9.17, 15) is 9.59 Å². The zero-order valence-corrected chi connectivity index (χ0v) is 13.7. The zero-order valence-electron chi connectivity index (χ0n) is 12.9. The Balaban J connectivity index is 2.67. The Labute approximate surface area is 129 Å². The minimum atomic E-state index is -0.414. The maximum atomic E-state index is 12.0. The van der Waals surface area contributed by atoms with Gasteiger partial charge in [-0.1, -0.05) is 18.7 Å². The molecule has 1 aromatic rings. The molecular formula is C15H22N2O3S. The molecule has 0 unspecified atom stereocenters. The van der Waals surface area contributed by atoms with Crippen LogP contribution in [0.15, 0.2) is 23.4 Å². The third kappa shape index (κ3) is 6.16. The lowest BCUT2D eigenvalue weighted by Gasteiger charge is -2.12. The van der Waals surface area contributed by atoms with Gasteiger partial charge in [0.2, 0.25) is 5.91 Å². The Hall–Kier alpha value is -1.56. The van der Waals surface area contributed by atoms with E-state index in [4.69, 9.17) is 4.74 Å². The molecule has 0 fully saturated rings. The number of nitrogens with zero attached hydrogens (tertiary/aromatic N) is 1. The van der Waals surface area contributed by atoms with E-state index >= 15 is 0 Å². The van der Waals surface area contributed by atoms with Crippen LogP contribution in [0.25, 0.3) is 0 Å². The largest absolute Gasteiger partial charge is 0.459 e. The fourth-order valence-corrected chi connectivity index (χ4v) is 2.28. The molecule has 1 amide bonds. The SMILES string of the molecule is CC[C@@H](C)NC(=O)CSc1ncccc1C(=O)OC(C)C. The number of aromatic nitrogens is 1. The predicted molar refractivity (Wildman–Crippen MR) is 83.4 cm³/mol. The number of hydrogen-bond donors (Lipinski definition) is 1. The Morgan fingerprint density at radius 2 is 2.10 bits per heavy atom. The van der Waals surface area contributed by atoms with Crippen molar-refractivity contribution in [3.05, 3.63) is 23.9 Å². The summed E-state index contributed by atoms with van der Waals surface area (Å²) in [5, 5.41) is 3.39. The smallest absolute Gasteiger partial charge is 0.341 e. The van der Waals surface area contributed by atoms with Crippen LogP contribution in [0.3, 0.4) is 0 Å². The van der Waals surface area contributed by atoms with Gasteiger partial charge in [-0.15, -0.1) is 0 Å². The molecule has 5 nitrogen and oxygen atoms in total. The van der Waals surface area contributed by atoms with Crippen LogP contribution >= 0.6 is 11.8 Å². The average Bonchev–Trinajstić information content (AvgIpc) is 2.44. The van der Waals surface area contributed by atoms with Crippen molar-refractivity contribution in [3.8, 4) is 0 Å². The normalized spacial score (nSPS) is 12.0. The highest BCUT2D eigenvalue weighted by atomic mass is 32.2. The maximum absolute atomic E-state index is 12.0. The van der Waals surface area contributed by atoms with Gasteiger partial charge >= 0.3 is 5.97 Å². The summed E-state index contributed by atoms with van der Waals surface area (Å²) >= 11 is 1.24. The number of hydrogen-bond acceptors (Lipinski definition) is 5. The number of rotatable bonds is 7. The van der Waals surface area contributed by atoms with Crippen molar-refractivity contribution in [1.82, 2.24) is 10.3 Å². The molecule has 1 N–H and O–H groups in total. The van der Waals surface area contributed by atoms with Crippen molar-refractivity contribution in [2.24, 2.45) is 0 Å². The topological polar surface area (TPSA) is 68.3 Å². The van der Waals surface area contributed by atoms with Gasteiger partial charge in [0.05, 0.1) is 17.4 Å². The molecule has 6 heteroatoms. The molecule has 0 radical (unpaired) electrons. The van der Waals surface area contributed by atoms with E-state index in [2.05, 4.69) is 10.3 Å². The number of esters is 1. The fraction of sp³-hybridized carbons (Fsp3) is 0.533. The molecule has 0 spiro atoms. The second kappa shape index (κ2) is 8.67. The lowest BCUT2D eigenvalue weighted by molar-refractivity contribution is -0.119. The van der Waals surface area contributed by atoms with E-state index in [1.54, 1.807) is 32.2 Å². The number of ether oxygens (including phenoxy) is 1. The lowest BCUT2D eigenvalue weighted by Crippen LogP contribution is -2.33. The van der Waals surface area contributed by atoms with Crippen LogP contribution in [0.2, 0.25) is 0 Å². The summed E-state index contributed by atoms with van der Waals surface area (Å²) in [7, 11) is 0. The molecule has 0 aliphatic carbocycles. The number of carbonyl (C=O) groups is 2. The first-order valence-corrected chi connectivity index (χ1v) is 8.00. The second-order valence-corrected chi connectivity index (χ2v) is 5.94. The van der Waals surface area contributed by atoms with Crippen LogP contribution in [-0.2, 0) is 9.53 Å². The van der Waals surface area contributed by atoms with Crippen molar-refractivity contribution < 1.29 is 14.3 Å². The third-order valence-corrected chi connectivity index (χ3v) is 3.70. The quantitative estimate of drug-likeness (QED) is 0.619. The summed E-state index contributed by atoms with van der Waals surface area (Å²) in [6, 6.07) is 3.49. The van der Waals surface area contributed by atoms with Crippen LogP contribution in [0, 0.1) is 0 Å². The Kier molecular flexibility index (Phi) is 7.22. The molecule has 1 heterocycles. The summed E-state index contributed by atoms with van der Waals surface area (Å²) in [4.78, 5) is 27.9. The van der Waals surface area contributed by atoms with Gasteiger partial charge in [0.1, 0.15) is 5.03 Å². The van der Waals surface area contributed by atoms with Crippen molar-refractivity contribution in [1.29, 1.82) is 0 Å². The summed E-state index contributed by atoms with van der Waals surface area (Å²) in [5.74, 6) is -0.255. The number of pyridine rings is 1. The number of thioether (sulfide) groups is 1. The first kappa shape index (κ1) is 17.5. The standard InChI is InChI=1S/C15H22N2O3S/c1-5-11(4)17-13(18)9-21-14-12(7-6-8-16-14)15(19)20-10(2)3/h6-8,10-11H,5,9H2,1-4H3,(H,17,18)/t11-/m1/s1. The van der Waals surface area contributed by atoms with Crippen molar-refractivity contribution in [3.63, 3.8) is 0 Å².